The number of hydrogen-bond acceptors (Lipinski definition) is 3. The van der Waals surface area contributed by atoms with Crippen molar-refractivity contribution in [2.24, 2.45) is 10.1 Å². The number of hydrogen-bond donors (Lipinski definition) is 0. The van der Waals surface area contributed by atoms with E-state index in [1.54, 1.807) is 29.1 Å². The zero-order valence-corrected chi connectivity index (χ0v) is 15.7. The van der Waals surface area contributed by atoms with E-state index in [2.05, 4.69) is 32.6 Å². The van der Waals surface area contributed by atoms with Gasteiger partial charge in [-0.15, -0.1) is 17.9 Å². The smallest absolute Gasteiger partial charge is 0.206 e. The van der Waals surface area contributed by atoms with Crippen molar-refractivity contribution in [3.8, 4) is 11.3 Å². The SMILES string of the molecule is C=CCN=c1scc(-c2ccc(Br)cc2)n1N=Cc1ccc(F)cc1. The van der Waals surface area contributed by atoms with Gasteiger partial charge in [0.1, 0.15) is 5.82 Å². The van der Waals surface area contributed by atoms with Crippen LogP contribution in [0.3, 0.4) is 0 Å². The van der Waals surface area contributed by atoms with Crippen molar-refractivity contribution in [1.82, 2.24) is 4.68 Å². The van der Waals surface area contributed by atoms with Crippen molar-refractivity contribution in [3.05, 3.63) is 87.2 Å². The molecule has 0 saturated heterocycles. The lowest BCUT2D eigenvalue weighted by atomic mass is 10.2. The number of thiazole rings is 1. The predicted molar refractivity (Wildman–Crippen MR) is 105 cm³/mol. The molecule has 0 bridgehead atoms. The molecule has 0 amide bonds. The number of rotatable bonds is 5. The standard InChI is InChI=1S/C19H15BrFN3S/c1-2-11-22-19-24(23-12-14-3-9-17(21)10-4-14)18(13-25-19)15-5-7-16(20)8-6-15/h2-10,12-13H,1,11H2. The Labute approximate surface area is 157 Å². The fourth-order valence-corrected chi connectivity index (χ4v) is 3.27. The van der Waals surface area contributed by atoms with Crippen LogP contribution in [0, 0.1) is 5.82 Å². The van der Waals surface area contributed by atoms with Gasteiger partial charge in [0.2, 0.25) is 4.80 Å². The minimum atomic E-state index is -0.266. The molecule has 0 spiro atoms. The van der Waals surface area contributed by atoms with Crippen LogP contribution in [0.4, 0.5) is 4.39 Å². The third-order valence-electron chi connectivity index (χ3n) is 3.37. The highest BCUT2D eigenvalue weighted by atomic mass is 79.9. The molecule has 0 aliphatic rings. The second-order valence-corrected chi connectivity index (χ2v) is 6.90. The number of halogens is 2. The summed E-state index contributed by atoms with van der Waals surface area (Å²) in [5.74, 6) is -0.266. The maximum absolute atomic E-state index is 13.0. The van der Waals surface area contributed by atoms with Gasteiger partial charge in [0.05, 0.1) is 18.5 Å². The molecule has 0 unspecified atom stereocenters. The summed E-state index contributed by atoms with van der Waals surface area (Å²) in [6.07, 6.45) is 3.44. The third kappa shape index (κ3) is 4.41. The number of nitrogens with zero attached hydrogens (tertiary/aromatic N) is 3. The lowest BCUT2D eigenvalue weighted by Gasteiger charge is -2.04. The monoisotopic (exact) mass is 415 g/mol. The Kier molecular flexibility index (Phi) is 5.73. The Hall–Kier alpha value is -2.31. The van der Waals surface area contributed by atoms with Crippen molar-refractivity contribution < 1.29 is 4.39 Å². The molecule has 0 atom stereocenters. The molecule has 0 saturated carbocycles. The van der Waals surface area contributed by atoms with E-state index in [4.69, 9.17) is 0 Å². The first-order valence-electron chi connectivity index (χ1n) is 7.55. The van der Waals surface area contributed by atoms with Gasteiger partial charge in [0, 0.05) is 15.4 Å². The summed E-state index contributed by atoms with van der Waals surface area (Å²) >= 11 is 4.96. The maximum atomic E-state index is 13.0. The molecule has 126 valence electrons. The molecular formula is C19H15BrFN3S. The second kappa shape index (κ2) is 8.18. The van der Waals surface area contributed by atoms with Crippen LogP contribution < -0.4 is 4.80 Å². The van der Waals surface area contributed by atoms with Gasteiger partial charge in [-0.25, -0.2) is 9.07 Å². The molecule has 0 fully saturated rings. The first-order chi connectivity index (χ1) is 12.2. The molecule has 25 heavy (non-hydrogen) atoms. The van der Waals surface area contributed by atoms with Crippen LogP contribution in [0.2, 0.25) is 0 Å². The molecule has 0 aliphatic heterocycles. The summed E-state index contributed by atoms with van der Waals surface area (Å²) in [5.41, 5.74) is 2.80. The highest BCUT2D eigenvalue weighted by molar-refractivity contribution is 9.10. The van der Waals surface area contributed by atoms with E-state index in [-0.39, 0.29) is 5.82 Å². The molecule has 1 heterocycles. The summed E-state index contributed by atoms with van der Waals surface area (Å²) in [6, 6.07) is 14.2. The van der Waals surface area contributed by atoms with Gasteiger partial charge in [-0.1, -0.05) is 46.3 Å². The van der Waals surface area contributed by atoms with Crippen LogP contribution in [0.25, 0.3) is 11.3 Å². The maximum Gasteiger partial charge on any atom is 0.206 e. The molecule has 0 N–H and O–H groups in total. The van der Waals surface area contributed by atoms with Crippen LogP contribution in [-0.4, -0.2) is 17.4 Å². The van der Waals surface area contributed by atoms with Gasteiger partial charge in [-0.05, 0) is 29.8 Å². The average Bonchev–Trinajstić information content (AvgIpc) is 3.03. The fraction of sp³-hybridized carbons (Fsp3) is 0.0526. The van der Waals surface area contributed by atoms with Crippen molar-refractivity contribution in [3.63, 3.8) is 0 Å². The molecule has 0 radical (unpaired) electrons. The summed E-state index contributed by atoms with van der Waals surface area (Å²) in [4.78, 5) is 5.27. The summed E-state index contributed by atoms with van der Waals surface area (Å²) in [7, 11) is 0. The summed E-state index contributed by atoms with van der Waals surface area (Å²) < 4.78 is 15.9. The fourth-order valence-electron chi connectivity index (χ4n) is 2.15. The normalized spacial score (nSPS) is 12.0. The first-order valence-corrected chi connectivity index (χ1v) is 9.22. The van der Waals surface area contributed by atoms with Crippen LogP contribution in [0.1, 0.15) is 5.56 Å². The van der Waals surface area contributed by atoms with Gasteiger partial charge in [0.15, 0.2) is 0 Å². The minimum absolute atomic E-state index is 0.266. The van der Waals surface area contributed by atoms with E-state index in [1.807, 2.05) is 29.6 Å². The molecule has 3 nitrogen and oxygen atoms in total. The van der Waals surface area contributed by atoms with Gasteiger partial charge >= 0.3 is 0 Å². The number of aromatic nitrogens is 1. The van der Waals surface area contributed by atoms with Crippen LogP contribution in [-0.2, 0) is 0 Å². The van der Waals surface area contributed by atoms with Gasteiger partial charge in [-0.3, -0.25) is 4.99 Å². The molecule has 0 aliphatic carbocycles. The Morgan fingerprint density at radius 2 is 1.84 bits per heavy atom. The lowest BCUT2D eigenvalue weighted by Crippen LogP contribution is -2.12. The molecule has 3 aromatic rings. The lowest BCUT2D eigenvalue weighted by molar-refractivity contribution is 0.628. The Balaban J connectivity index is 2.05. The van der Waals surface area contributed by atoms with Crippen molar-refractivity contribution in [2.75, 3.05) is 6.54 Å². The van der Waals surface area contributed by atoms with E-state index in [9.17, 15) is 4.39 Å². The Morgan fingerprint density at radius 3 is 2.52 bits per heavy atom. The number of benzene rings is 2. The van der Waals surface area contributed by atoms with Gasteiger partial charge in [0.25, 0.3) is 0 Å². The summed E-state index contributed by atoms with van der Waals surface area (Å²) in [5, 5.41) is 6.58. The third-order valence-corrected chi connectivity index (χ3v) is 4.76. The Bertz CT molecular complexity index is 954. The molecular weight excluding hydrogens is 401 g/mol. The van der Waals surface area contributed by atoms with Crippen LogP contribution in [0.15, 0.2) is 81.1 Å². The van der Waals surface area contributed by atoms with Gasteiger partial charge in [-0.2, -0.15) is 5.10 Å². The minimum Gasteiger partial charge on any atom is -0.253 e. The molecule has 3 rings (SSSR count). The van der Waals surface area contributed by atoms with Crippen molar-refractivity contribution in [2.45, 2.75) is 0 Å². The van der Waals surface area contributed by atoms with E-state index in [0.717, 1.165) is 26.1 Å². The molecule has 1 aromatic heterocycles. The highest BCUT2D eigenvalue weighted by Gasteiger charge is 2.07. The van der Waals surface area contributed by atoms with Crippen molar-refractivity contribution in [1.29, 1.82) is 0 Å². The summed E-state index contributed by atoms with van der Waals surface area (Å²) in [6.45, 7) is 4.22. The zero-order valence-electron chi connectivity index (χ0n) is 13.3. The van der Waals surface area contributed by atoms with E-state index >= 15 is 0 Å². The second-order valence-electron chi connectivity index (χ2n) is 5.15. The highest BCUT2D eigenvalue weighted by Crippen LogP contribution is 2.22. The van der Waals surface area contributed by atoms with E-state index in [1.165, 1.54) is 23.5 Å². The predicted octanol–water partition coefficient (Wildman–Crippen LogP) is 5.09. The van der Waals surface area contributed by atoms with Crippen LogP contribution >= 0.6 is 27.3 Å². The van der Waals surface area contributed by atoms with E-state index in [0.29, 0.717) is 6.54 Å². The molecule has 2 aromatic carbocycles. The van der Waals surface area contributed by atoms with Gasteiger partial charge < -0.3 is 0 Å². The Morgan fingerprint density at radius 1 is 1.12 bits per heavy atom. The zero-order chi connectivity index (χ0) is 17.6. The average molecular weight is 416 g/mol. The molecule has 6 heteroatoms. The largest absolute Gasteiger partial charge is 0.253 e. The van der Waals surface area contributed by atoms with Crippen LogP contribution in [0.5, 0.6) is 0 Å². The van der Waals surface area contributed by atoms with Crippen molar-refractivity contribution >= 4 is 33.5 Å². The quantitative estimate of drug-likeness (QED) is 0.410. The van der Waals surface area contributed by atoms with E-state index < -0.39 is 0 Å². The topological polar surface area (TPSA) is 29.6 Å². The first kappa shape index (κ1) is 17.5.